The molecule has 2 aromatic rings. The maximum absolute atomic E-state index is 11.7. The molecule has 26 heavy (non-hydrogen) atoms. The van der Waals surface area contributed by atoms with Crippen LogP contribution in [-0.2, 0) is 15.3 Å². The van der Waals surface area contributed by atoms with E-state index in [0.717, 1.165) is 33.4 Å². The molecule has 0 radical (unpaired) electrons. The van der Waals surface area contributed by atoms with E-state index in [9.17, 15) is 4.79 Å². The van der Waals surface area contributed by atoms with Crippen molar-refractivity contribution in [3.05, 3.63) is 78.0 Å². The highest BCUT2D eigenvalue weighted by atomic mass is 32.2. The van der Waals surface area contributed by atoms with Crippen LogP contribution in [0.1, 0.15) is 17.5 Å². The molecule has 0 unspecified atom stereocenters. The molecule has 5 heteroatoms. The molecule has 0 amide bonds. The molecule has 1 aliphatic heterocycles. The smallest absolute Gasteiger partial charge is 0.311 e. The van der Waals surface area contributed by atoms with E-state index < -0.39 is 0 Å². The molecule has 0 spiro atoms. The molecule has 0 saturated carbocycles. The minimum Gasteiger partial charge on any atom is -0.469 e. The molecule has 0 fully saturated rings. The lowest BCUT2D eigenvalue weighted by molar-refractivity contribution is -0.139. The number of carbonyl (C=O) groups excluding carboxylic acids is 1. The van der Waals surface area contributed by atoms with Gasteiger partial charge in [0, 0.05) is 11.4 Å². The Bertz CT molecular complexity index is 870. The van der Waals surface area contributed by atoms with Crippen molar-refractivity contribution in [1.29, 1.82) is 0 Å². The molecule has 0 aliphatic carbocycles. The zero-order valence-electron chi connectivity index (χ0n) is 14.6. The molecular weight excluding hydrogens is 344 g/mol. The highest BCUT2D eigenvalue weighted by Gasteiger charge is 2.14. The summed E-state index contributed by atoms with van der Waals surface area (Å²) in [5, 5.41) is 4.14. The summed E-state index contributed by atoms with van der Waals surface area (Å²) in [6, 6.07) is 16.1. The summed E-state index contributed by atoms with van der Waals surface area (Å²) in [4.78, 5) is 16.4. The molecule has 3 rings (SSSR count). The molecule has 0 saturated heterocycles. The molecule has 0 aromatic heterocycles. The zero-order chi connectivity index (χ0) is 18.4. The molecule has 1 aliphatic rings. The largest absolute Gasteiger partial charge is 0.469 e. The summed E-state index contributed by atoms with van der Waals surface area (Å²) in [7, 11) is 1.39. The summed E-state index contributed by atoms with van der Waals surface area (Å²) in [6.45, 7) is 3.77. The van der Waals surface area contributed by atoms with Crippen LogP contribution in [0.4, 0.5) is 11.4 Å². The van der Waals surface area contributed by atoms with Gasteiger partial charge in [-0.1, -0.05) is 49.1 Å². The summed E-state index contributed by atoms with van der Waals surface area (Å²) in [6.07, 6.45) is 3.93. The van der Waals surface area contributed by atoms with Crippen molar-refractivity contribution in [3.8, 4) is 0 Å². The molecule has 0 atom stereocenters. The van der Waals surface area contributed by atoms with Crippen LogP contribution < -0.4 is 5.32 Å². The van der Waals surface area contributed by atoms with Gasteiger partial charge in [-0.3, -0.25) is 4.79 Å². The lowest BCUT2D eigenvalue weighted by atomic mass is 10.1. The van der Waals surface area contributed by atoms with Gasteiger partial charge in [-0.25, -0.2) is 4.99 Å². The van der Waals surface area contributed by atoms with Gasteiger partial charge >= 0.3 is 5.97 Å². The van der Waals surface area contributed by atoms with Crippen molar-refractivity contribution < 1.29 is 9.53 Å². The standard InChI is InChI=1S/C21H20N2O2S/c1-3-15-8-10-16(11-9-15)14-26-20-12-17(13-21(24)25-2)22-18-6-4-5-7-19(18)23-20/h3-12,22H,1,13-14H2,2H3. The van der Waals surface area contributed by atoms with Crippen LogP contribution in [0.25, 0.3) is 6.08 Å². The van der Waals surface area contributed by atoms with E-state index in [1.165, 1.54) is 12.7 Å². The fourth-order valence-electron chi connectivity index (χ4n) is 2.49. The van der Waals surface area contributed by atoms with Crippen molar-refractivity contribution in [1.82, 2.24) is 0 Å². The Hall–Kier alpha value is -2.79. The van der Waals surface area contributed by atoms with Crippen molar-refractivity contribution >= 4 is 40.2 Å². The fraction of sp³-hybridized carbons (Fsp3) is 0.143. The predicted molar refractivity (Wildman–Crippen MR) is 110 cm³/mol. The topological polar surface area (TPSA) is 50.7 Å². The molecule has 1 N–H and O–H groups in total. The van der Waals surface area contributed by atoms with E-state index in [4.69, 9.17) is 9.73 Å². The number of benzene rings is 2. The Morgan fingerprint density at radius 1 is 1.23 bits per heavy atom. The predicted octanol–water partition coefficient (Wildman–Crippen LogP) is 5.17. The van der Waals surface area contributed by atoms with Crippen molar-refractivity contribution in [2.75, 3.05) is 12.4 Å². The maximum atomic E-state index is 11.7. The number of fused-ring (bicyclic) bond motifs is 1. The van der Waals surface area contributed by atoms with E-state index in [2.05, 4.69) is 24.0 Å². The van der Waals surface area contributed by atoms with Gasteiger partial charge in [0.15, 0.2) is 0 Å². The van der Waals surface area contributed by atoms with Crippen LogP contribution in [0.5, 0.6) is 0 Å². The van der Waals surface area contributed by atoms with Crippen LogP contribution in [0.2, 0.25) is 0 Å². The second-order valence-electron chi connectivity index (χ2n) is 5.75. The third-order valence-electron chi connectivity index (χ3n) is 3.89. The molecule has 4 nitrogen and oxygen atoms in total. The number of carbonyl (C=O) groups is 1. The summed E-state index contributed by atoms with van der Waals surface area (Å²) >= 11 is 1.63. The van der Waals surface area contributed by atoms with Gasteiger partial charge < -0.3 is 10.1 Å². The maximum Gasteiger partial charge on any atom is 0.311 e. The first kappa shape index (κ1) is 18.0. The summed E-state index contributed by atoms with van der Waals surface area (Å²) < 4.78 is 4.79. The lowest BCUT2D eigenvalue weighted by Crippen LogP contribution is -2.08. The van der Waals surface area contributed by atoms with Crippen LogP contribution >= 0.6 is 11.8 Å². The number of nitrogens with zero attached hydrogens (tertiary/aromatic N) is 1. The monoisotopic (exact) mass is 364 g/mol. The number of para-hydroxylation sites is 2. The van der Waals surface area contributed by atoms with E-state index in [1.807, 2.05) is 48.6 Å². The number of anilines is 1. The van der Waals surface area contributed by atoms with E-state index in [1.54, 1.807) is 11.8 Å². The number of esters is 1. The first-order valence-electron chi connectivity index (χ1n) is 8.24. The van der Waals surface area contributed by atoms with Gasteiger partial charge in [-0.05, 0) is 29.3 Å². The van der Waals surface area contributed by atoms with E-state index >= 15 is 0 Å². The van der Waals surface area contributed by atoms with Crippen molar-refractivity contribution in [3.63, 3.8) is 0 Å². The number of methoxy groups -OCH3 is 1. The zero-order valence-corrected chi connectivity index (χ0v) is 15.4. The number of nitrogens with one attached hydrogen (secondary N) is 1. The number of rotatable bonds is 5. The minimum absolute atomic E-state index is 0.179. The average Bonchev–Trinajstić information content (AvgIpc) is 2.85. The van der Waals surface area contributed by atoms with Crippen LogP contribution in [-0.4, -0.2) is 18.1 Å². The van der Waals surface area contributed by atoms with E-state index in [-0.39, 0.29) is 12.4 Å². The SMILES string of the molecule is C=Cc1ccc(CSC2=Nc3ccccc3NC(CC(=O)OC)=C2)cc1. The first-order chi connectivity index (χ1) is 12.7. The van der Waals surface area contributed by atoms with Gasteiger partial charge in [-0.2, -0.15) is 0 Å². The second-order valence-corrected chi connectivity index (χ2v) is 6.74. The number of hydrogen-bond donors (Lipinski definition) is 1. The Labute approximate surface area is 157 Å². The molecule has 1 heterocycles. The van der Waals surface area contributed by atoms with Gasteiger partial charge in [0.25, 0.3) is 0 Å². The fourth-order valence-corrected chi connectivity index (χ4v) is 3.39. The van der Waals surface area contributed by atoms with Crippen LogP contribution in [0.15, 0.2) is 71.9 Å². The number of ether oxygens (including phenoxy) is 1. The number of aliphatic imine (C=N–C) groups is 1. The van der Waals surface area contributed by atoms with Crippen LogP contribution in [0.3, 0.4) is 0 Å². The number of thioether (sulfide) groups is 1. The third kappa shape index (κ3) is 4.64. The van der Waals surface area contributed by atoms with Gasteiger partial charge in [0.1, 0.15) is 0 Å². The average molecular weight is 364 g/mol. The normalized spacial score (nSPS) is 12.8. The molecular formula is C21H20N2O2S. The first-order valence-corrected chi connectivity index (χ1v) is 9.23. The molecule has 132 valence electrons. The second kappa shape index (κ2) is 8.54. The minimum atomic E-state index is -0.285. The highest BCUT2D eigenvalue weighted by molar-refractivity contribution is 8.13. The van der Waals surface area contributed by atoms with Gasteiger partial charge in [-0.15, -0.1) is 11.8 Å². The Morgan fingerprint density at radius 2 is 2.00 bits per heavy atom. The Morgan fingerprint density at radius 3 is 2.73 bits per heavy atom. The van der Waals surface area contributed by atoms with Crippen molar-refractivity contribution in [2.24, 2.45) is 4.99 Å². The van der Waals surface area contributed by atoms with Gasteiger partial charge in [0.05, 0.1) is 29.9 Å². The summed E-state index contributed by atoms with van der Waals surface area (Å²) in [5.41, 5.74) is 4.82. The third-order valence-corrected chi connectivity index (χ3v) is 4.87. The Kier molecular flexibility index (Phi) is 5.92. The van der Waals surface area contributed by atoms with Gasteiger partial charge in [0.2, 0.25) is 0 Å². The van der Waals surface area contributed by atoms with E-state index in [0.29, 0.717) is 0 Å². The lowest BCUT2D eigenvalue weighted by Gasteiger charge is -2.09. The van der Waals surface area contributed by atoms with Crippen molar-refractivity contribution in [2.45, 2.75) is 12.2 Å². The molecule has 2 aromatic carbocycles. The quantitative estimate of drug-likeness (QED) is 0.744. The Balaban J connectivity index is 1.81. The summed E-state index contributed by atoms with van der Waals surface area (Å²) in [5.74, 6) is 0.507. The number of hydrogen-bond acceptors (Lipinski definition) is 5. The highest BCUT2D eigenvalue weighted by Crippen LogP contribution is 2.31. The molecule has 0 bridgehead atoms. The van der Waals surface area contributed by atoms with Crippen LogP contribution in [0, 0.1) is 0 Å².